The van der Waals surface area contributed by atoms with Crippen LogP contribution < -0.4 is 12.4 Å². The Morgan fingerprint density at radius 1 is 0.517 bits per heavy atom. The molecule has 0 N–H and O–H groups in total. The van der Waals surface area contributed by atoms with Gasteiger partial charge in [0.05, 0.1) is 32.2 Å². The molecular weight excluding hydrogens is 402 g/mol. The number of nitrogens with zero attached hydrogens (tertiary/aromatic N) is 1. The summed E-state index contributed by atoms with van der Waals surface area (Å²) < 4.78 is 18.5. The topological polar surface area (TPSA) is 27.7 Å². The maximum absolute atomic E-state index is 5.75. The van der Waals surface area contributed by atoms with Gasteiger partial charge >= 0.3 is 8.80 Å². The number of hydrogen-bond acceptors (Lipinski definition) is 3. The van der Waals surface area contributed by atoms with Crippen LogP contribution in [-0.2, 0) is 13.3 Å². The molecule has 4 nitrogen and oxygen atoms in total. The van der Waals surface area contributed by atoms with E-state index < -0.39 is 8.80 Å². The average Bonchev–Trinajstić information content (AvgIpc) is 2.73. The Kier molecular flexibility index (Phi) is 22.0. The summed E-state index contributed by atoms with van der Waals surface area (Å²) in [6, 6.07) is 0.922. The Labute approximate surface area is 190 Å². The van der Waals surface area contributed by atoms with E-state index in [0.717, 1.165) is 12.6 Å². The molecule has 0 aromatic heterocycles. The van der Waals surface area contributed by atoms with Gasteiger partial charge in [-0.3, -0.25) is 0 Å². The normalized spacial score (nSPS) is 12.2. The number of quaternary nitrogens is 1. The molecule has 0 saturated carbocycles. The summed E-state index contributed by atoms with van der Waals surface area (Å²) in [6.07, 6.45) is 16.1. The van der Waals surface area contributed by atoms with E-state index in [4.69, 9.17) is 13.3 Å². The molecule has 0 rings (SSSR count). The molecule has 0 aliphatic carbocycles. The van der Waals surface area contributed by atoms with Gasteiger partial charge in [-0.25, -0.2) is 0 Å². The van der Waals surface area contributed by atoms with Gasteiger partial charge in [0.2, 0.25) is 0 Å². The molecule has 0 saturated heterocycles. The van der Waals surface area contributed by atoms with Crippen molar-refractivity contribution in [2.75, 3.05) is 47.5 Å². The molecule has 6 heteroatoms. The molecule has 0 aromatic rings. The Morgan fingerprint density at radius 2 is 0.862 bits per heavy atom. The highest BCUT2D eigenvalue weighted by Gasteiger charge is 2.41. The highest BCUT2D eigenvalue weighted by molar-refractivity contribution is 6.60. The maximum Gasteiger partial charge on any atom is 0.505 e. The van der Waals surface area contributed by atoms with Gasteiger partial charge in [0.15, 0.2) is 0 Å². The lowest BCUT2D eigenvalue weighted by Crippen LogP contribution is -3.00. The third-order valence-corrected chi connectivity index (χ3v) is 8.99. The fourth-order valence-electron chi connectivity index (χ4n) is 4.22. The second-order valence-electron chi connectivity index (χ2n) is 8.46. The number of halogens is 1. The van der Waals surface area contributed by atoms with E-state index >= 15 is 0 Å². The minimum Gasteiger partial charge on any atom is -1.00 e. The molecule has 178 valence electrons. The van der Waals surface area contributed by atoms with E-state index in [0.29, 0.717) is 0 Å². The van der Waals surface area contributed by atoms with Gasteiger partial charge in [0, 0.05) is 21.3 Å². The molecule has 0 atom stereocenters. The van der Waals surface area contributed by atoms with Gasteiger partial charge < -0.3 is 30.2 Å². The average molecular weight is 454 g/mol. The molecule has 0 radical (unpaired) electrons. The lowest BCUT2D eigenvalue weighted by Gasteiger charge is -2.41. The predicted molar refractivity (Wildman–Crippen MR) is 124 cm³/mol. The smallest absolute Gasteiger partial charge is 0.505 e. The summed E-state index contributed by atoms with van der Waals surface area (Å²) in [7, 11) is 2.74. The van der Waals surface area contributed by atoms with E-state index in [-0.39, 0.29) is 12.4 Å². The lowest BCUT2D eigenvalue weighted by atomic mass is 10.1. The van der Waals surface area contributed by atoms with Crippen molar-refractivity contribution >= 4 is 8.80 Å². The first-order valence-electron chi connectivity index (χ1n) is 12.1. The third-order valence-electron chi connectivity index (χ3n) is 6.28. The second kappa shape index (κ2) is 20.3. The van der Waals surface area contributed by atoms with Crippen molar-refractivity contribution in [3.05, 3.63) is 0 Å². The summed E-state index contributed by atoms with van der Waals surface area (Å²) in [5.74, 6) is 0. The van der Waals surface area contributed by atoms with Crippen LogP contribution in [0, 0.1) is 0 Å². The van der Waals surface area contributed by atoms with Crippen molar-refractivity contribution in [1.82, 2.24) is 0 Å². The molecular formula is C23H52ClNO3Si. The van der Waals surface area contributed by atoms with Gasteiger partial charge in [0.1, 0.15) is 0 Å². The molecule has 0 heterocycles. The molecule has 0 aliphatic rings. The van der Waals surface area contributed by atoms with Gasteiger partial charge in [0.25, 0.3) is 0 Å². The number of unbranched alkanes of at least 4 members (excludes halogenated alkanes) is 9. The van der Waals surface area contributed by atoms with Gasteiger partial charge in [-0.15, -0.1) is 0 Å². The van der Waals surface area contributed by atoms with E-state index in [9.17, 15) is 0 Å². The van der Waals surface area contributed by atoms with Crippen LogP contribution in [0.25, 0.3) is 0 Å². The first-order valence-corrected chi connectivity index (χ1v) is 14.0. The lowest BCUT2D eigenvalue weighted by molar-refractivity contribution is -0.927. The zero-order valence-corrected chi connectivity index (χ0v) is 22.3. The van der Waals surface area contributed by atoms with Crippen LogP contribution >= 0.6 is 0 Å². The van der Waals surface area contributed by atoms with E-state index in [1.165, 1.54) is 101 Å². The molecule has 0 spiro atoms. The summed E-state index contributed by atoms with van der Waals surface area (Å²) in [5, 5.41) is 0. The monoisotopic (exact) mass is 453 g/mol. The minimum atomic E-state index is -2.51. The van der Waals surface area contributed by atoms with Crippen molar-refractivity contribution in [2.45, 2.75) is 104 Å². The maximum atomic E-state index is 5.75. The van der Waals surface area contributed by atoms with Crippen molar-refractivity contribution in [3.8, 4) is 0 Å². The summed E-state index contributed by atoms with van der Waals surface area (Å²) in [5.41, 5.74) is 0. The molecule has 0 unspecified atom stereocenters. The summed E-state index contributed by atoms with van der Waals surface area (Å²) >= 11 is 0. The van der Waals surface area contributed by atoms with Gasteiger partial charge in [-0.05, 0) is 38.5 Å². The largest absolute Gasteiger partial charge is 1.00 e. The molecule has 0 bridgehead atoms. The fraction of sp³-hybridized carbons (Fsp3) is 1.00. The Morgan fingerprint density at radius 3 is 1.14 bits per heavy atom. The zero-order valence-electron chi connectivity index (χ0n) is 20.6. The van der Waals surface area contributed by atoms with Crippen LogP contribution in [0.3, 0.4) is 0 Å². The standard InChI is InChI=1S/C23H52NO3Si.ClH/c1-7-10-13-16-19-24(20-17-14-11-8-2,21-18-15-12-9-3)22-23-28(25-4,26-5)27-6;/h7-23H2,1-6H3;1H/q+1;/p-1. The molecule has 0 aliphatic heterocycles. The second-order valence-corrected chi connectivity index (χ2v) is 11.6. The third kappa shape index (κ3) is 14.1. The highest BCUT2D eigenvalue weighted by atomic mass is 35.5. The Hall–Kier alpha value is 0.347. The van der Waals surface area contributed by atoms with Gasteiger partial charge in [-0.1, -0.05) is 59.3 Å². The fourth-order valence-corrected chi connectivity index (χ4v) is 6.08. The van der Waals surface area contributed by atoms with Gasteiger partial charge in [-0.2, -0.15) is 0 Å². The SMILES string of the molecule is CCCCCC[N+](CCCCCC)(CCCCCC)CC[Si](OC)(OC)OC.[Cl-]. The van der Waals surface area contributed by atoms with Crippen LogP contribution in [0.15, 0.2) is 0 Å². The first-order chi connectivity index (χ1) is 13.6. The Bertz CT molecular complexity index is 305. The number of rotatable bonds is 21. The van der Waals surface area contributed by atoms with Crippen molar-refractivity contribution in [1.29, 1.82) is 0 Å². The van der Waals surface area contributed by atoms with Crippen molar-refractivity contribution < 1.29 is 30.2 Å². The zero-order chi connectivity index (χ0) is 21.1. The van der Waals surface area contributed by atoms with Crippen molar-refractivity contribution in [2.24, 2.45) is 0 Å². The molecule has 0 amide bonds. The van der Waals surface area contributed by atoms with Crippen LogP contribution in [-0.4, -0.2) is 60.8 Å². The number of hydrogen-bond donors (Lipinski definition) is 0. The first kappa shape index (κ1) is 31.5. The van der Waals surface area contributed by atoms with Crippen LogP contribution in [0.1, 0.15) is 97.8 Å². The van der Waals surface area contributed by atoms with Crippen LogP contribution in [0.5, 0.6) is 0 Å². The molecule has 29 heavy (non-hydrogen) atoms. The van der Waals surface area contributed by atoms with E-state index in [1.54, 1.807) is 21.3 Å². The van der Waals surface area contributed by atoms with E-state index in [1.807, 2.05) is 0 Å². The summed E-state index contributed by atoms with van der Waals surface area (Å²) in [6.45, 7) is 11.9. The quantitative estimate of drug-likeness (QED) is 0.151. The van der Waals surface area contributed by atoms with Crippen LogP contribution in [0.2, 0.25) is 6.04 Å². The molecule has 0 aromatic carbocycles. The summed E-state index contributed by atoms with van der Waals surface area (Å²) in [4.78, 5) is 0. The van der Waals surface area contributed by atoms with E-state index in [2.05, 4.69) is 20.8 Å². The van der Waals surface area contributed by atoms with Crippen LogP contribution in [0.4, 0.5) is 0 Å². The minimum absolute atomic E-state index is 0. The Balaban J connectivity index is 0. The highest BCUT2D eigenvalue weighted by Crippen LogP contribution is 2.22. The molecule has 0 fully saturated rings. The predicted octanol–water partition coefficient (Wildman–Crippen LogP) is 3.43. The van der Waals surface area contributed by atoms with Crippen molar-refractivity contribution in [3.63, 3.8) is 0 Å².